The number of aryl methyl sites for hydroxylation is 1. The molecule has 0 aliphatic carbocycles. The minimum absolute atomic E-state index is 0.0744. The Bertz CT molecular complexity index is 774. The van der Waals surface area contributed by atoms with Crippen LogP contribution >= 0.6 is 0 Å². The fourth-order valence-electron chi connectivity index (χ4n) is 2.67. The Morgan fingerprint density at radius 2 is 2.18 bits per heavy atom. The summed E-state index contributed by atoms with van der Waals surface area (Å²) in [5.74, 6) is 0.199. The van der Waals surface area contributed by atoms with Crippen LogP contribution in [0.3, 0.4) is 0 Å². The number of amides is 1. The summed E-state index contributed by atoms with van der Waals surface area (Å²) in [5.41, 5.74) is 2.71. The number of hydrogen-bond donors (Lipinski definition) is 1. The van der Waals surface area contributed by atoms with Crippen molar-refractivity contribution in [3.05, 3.63) is 45.4 Å². The first kappa shape index (κ1) is 14.5. The van der Waals surface area contributed by atoms with Crippen LogP contribution in [0.25, 0.3) is 0 Å². The minimum Gasteiger partial charge on any atom is -0.331 e. The molecule has 0 saturated heterocycles. The van der Waals surface area contributed by atoms with E-state index in [0.717, 1.165) is 5.69 Å². The molecule has 1 aliphatic rings. The molecule has 0 aromatic carbocycles. The zero-order chi connectivity index (χ0) is 15.9. The fraction of sp³-hybridized carbons (Fsp3) is 0.467. The topological polar surface area (TPSA) is 83.9 Å². The van der Waals surface area contributed by atoms with Gasteiger partial charge in [0.05, 0.1) is 24.3 Å². The van der Waals surface area contributed by atoms with E-state index in [1.54, 1.807) is 16.6 Å². The first-order valence-electron chi connectivity index (χ1n) is 7.36. The first-order valence-corrected chi connectivity index (χ1v) is 7.36. The van der Waals surface area contributed by atoms with Gasteiger partial charge in [0, 0.05) is 19.2 Å². The van der Waals surface area contributed by atoms with Gasteiger partial charge in [-0.15, -0.1) is 0 Å². The van der Waals surface area contributed by atoms with E-state index in [2.05, 4.69) is 15.1 Å². The van der Waals surface area contributed by atoms with Gasteiger partial charge in [0.25, 0.3) is 11.5 Å². The lowest BCUT2D eigenvalue weighted by atomic mass is 10.1. The maximum atomic E-state index is 12.7. The van der Waals surface area contributed by atoms with Crippen molar-refractivity contribution >= 4 is 5.91 Å². The van der Waals surface area contributed by atoms with E-state index in [-0.39, 0.29) is 17.4 Å². The molecule has 3 heterocycles. The van der Waals surface area contributed by atoms with Gasteiger partial charge in [-0.05, 0) is 18.4 Å². The summed E-state index contributed by atoms with van der Waals surface area (Å²) in [6.07, 6.45) is 1.91. The van der Waals surface area contributed by atoms with Crippen LogP contribution < -0.4 is 5.56 Å². The summed E-state index contributed by atoms with van der Waals surface area (Å²) in [5, 5.41) is 4.38. The molecule has 116 valence electrons. The van der Waals surface area contributed by atoms with Crippen LogP contribution in [0.4, 0.5) is 0 Å². The molecular weight excluding hydrogens is 282 g/mol. The zero-order valence-electron chi connectivity index (χ0n) is 13.0. The maximum Gasteiger partial charge on any atom is 0.272 e. The number of carbonyl (C=O) groups excluding carboxylic acids is 1. The second kappa shape index (κ2) is 5.40. The Balaban J connectivity index is 1.87. The Morgan fingerprint density at radius 3 is 2.86 bits per heavy atom. The summed E-state index contributed by atoms with van der Waals surface area (Å²) in [6.45, 7) is 4.97. The average molecular weight is 301 g/mol. The van der Waals surface area contributed by atoms with E-state index < -0.39 is 0 Å². The number of H-pyrrole nitrogens is 1. The van der Waals surface area contributed by atoms with Crippen molar-refractivity contribution in [3.63, 3.8) is 0 Å². The first-order chi connectivity index (χ1) is 10.5. The van der Waals surface area contributed by atoms with Crippen LogP contribution in [0.1, 0.15) is 47.2 Å². The third-order valence-corrected chi connectivity index (χ3v) is 4.01. The predicted octanol–water partition coefficient (Wildman–Crippen LogP) is 0.825. The number of fused-ring (bicyclic) bond motifs is 1. The van der Waals surface area contributed by atoms with Gasteiger partial charge >= 0.3 is 0 Å². The van der Waals surface area contributed by atoms with Crippen LogP contribution in [0.5, 0.6) is 0 Å². The lowest BCUT2D eigenvalue weighted by molar-refractivity contribution is 0.0720. The van der Waals surface area contributed by atoms with Gasteiger partial charge in [0.15, 0.2) is 0 Å². The van der Waals surface area contributed by atoms with E-state index >= 15 is 0 Å². The minimum atomic E-state index is -0.111. The zero-order valence-corrected chi connectivity index (χ0v) is 13.0. The number of nitrogens with zero attached hydrogens (tertiary/aromatic N) is 4. The molecule has 7 heteroatoms. The largest absolute Gasteiger partial charge is 0.331 e. The highest BCUT2D eigenvalue weighted by Gasteiger charge is 2.26. The third kappa shape index (κ3) is 2.43. The van der Waals surface area contributed by atoms with Crippen molar-refractivity contribution in [2.24, 2.45) is 7.05 Å². The molecule has 0 unspecified atom stereocenters. The highest BCUT2D eigenvalue weighted by Crippen LogP contribution is 2.18. The average Bonchev–Trinajstić information content (AvgIpc) is 2.88. The molecule has 0 spiro atoms. The summed E-state index contributed by atoms with van der Waals surface area (Å²) in [7, 11) is 1.78. The van der Waals surface area contributed by atoms with Crippen molar-refractivity contribution in [3.8, 4) is 0 Å². The lowest BCUT2D eigenvalue weighted by Crippen LogP contribution is -2.39. The number of carbonyl (C=O) groups is 1. The lowest BCUT2D eigenvalue weighted by Gasteiger charge is -2.27. The second-order valence-electron chi connectivity index (χ2n) is 5.87. The van der Waals surface area contributed by atoms with E-state index in [1.165, 1.54) is 6.33 Å². The molecule has 7 nitrogen and oxygen atoms in total. The van der Waals surface area contributed by atoms with Gasteiger partial charge in [-0.25, -0.2) is 4.98 Å². The van der Waals surface area contributed by atoms with Crippen molar-refractivity contribution in [1.82, 2.24) is 24.6 Å². The number of aromatic nitrogens is 4. The molecule has 0 saturated carbocycles. The van der Waals surface area contributed by atoms with E-state index in [4.69, 9.17) is 0 Å². The van der Waals surface area contributed by atoms with Gasteiger partial charge in [-0.1, -0.05) is 13.8 Å². The SMILES string of the molecule is CC(C)c1cc(C(=O)N2CCc3c(nc[nH]c3=O)C2)n(C)n1. The molecule has 0 bridgehead atoms. The molecule has 1 aliphatic heterocycles. The van der Waals surface area contributed by atoms with Gasteiger partial charge in [-0.3, -0.25) is 14.3 Å². The Labute approximate surface area is 128 Å². The number of nitrogens with one attached hydrogen (secondary N) is 1. The maximum absolute atomic E-state index is 12.7. The van der Waals surface area contributed by atoms with Crippen molar-refractivity contribution in [2.75, 3.05) is 6.54 Å². The van der Waals surface area contributed by atoms with E-state index in [1.807, 2.05) is 19.9 Å². The smallest absolute Gasteiger partial charge is 0.272 e. The third-order valence-electron chi connectivity index (χ3n) is 4.01. The molecular formula is C15H19N5O2. The number of aromatic amines is 1. The molecule has 0 fully saturated rings. The van der Waals surface area contributed by atoms with Crippen LogP contribution in [-0.2, 0) is 20.0 Å². The molecule has 0 atom stereocenters. The highest BCUT2D eigenvalue weighted by atomic mass is 16.2. The standard InChI is InChI=1S/C15H19N5O2/c1-9(2)11-6-13(19(3)18-11)15(22)20-5-4-10-12(7-20)16-8-17-14(10)21/h6,8-9H,4-5,7H2,1-3H3,(H,16,17,21). The van der Waals surface area contributed by atoms with Gasteiger partial charge in [-0.2, -0.15) is 5.10 Å². The normalized spacial score (nSPS) is 14.3. The quantitative estimate of drug-likeness (QED) is 0.890. The number of hydrogen-bond acceptors (Lipinski definition) is 4. The molecule has 2 aromatic heterocycles. The van der Waals surface area contributed by atoms with Crippen molar-refractivity contribution < 1.29 is 4.79 Å². The summed E-state index contributed by atoms with van der Waals surface area (Å²) in [4.78, 5) is 32.9. The Hall–Kier alpha value is -2.44. The number of rotatable bonds is 2. The molecule has 1 amide bonds. The van der Waals surface area contributed by atoms with Crippen molar-refractivity contribution in [1.29, 1.82) is 0 Å². The fourth-order valence-corrected chi connectivity index (χ4v) is 2.67. The second-order valence-corrected chi connectivity index (χ2v) is 5.87. The highest BCUT2D eigenvalue weighted by molar-refractivity contribution is 5.92. The molecule has 22 heavy (non-hydrogen) atoms. The van der Waals surface area contributed by atoms with Crippen LogP contribution in [0, 0.1) is 0 Å². The molecule has 2 aromatic rings. The van der Waals surface area contributed by atoms with Crippen molar-refractivity contribution in [2.45, 2.75) is 32.7 Å². The summed E-state index contributed by atoms with van der Waals surface area (Å²) < 4.78 is 1.62. The Morgan fingerprint density at radius 1 is 1.41 bits per heavy atom. The predicted molar refractivity (Wildman–Crippen MR) is 80.6 cm³/mol. The molecule has 3 rings (SSSR count). The van der Waals surface area contributed by atoms with E-state index in [0.29, 0.717) is 36.5 Å². The van der Waals surface area contributed by atoms with E-state index in [9.17, 15) is 9.59 Å². The van der Waals surface area contributed by atoms with Crippen LogP contribution in [0.15, 0.2) is 17.2 Å². The Kier molecular flexibility index (Phi) is 3.56. The summed E-state index contributed by atoms with van der Waals surface area (Å²) in [6, 6.07) is 1.84. The monoisotopic (exact) mass is 301 g/mol. The van der Waals surface area contributed by atoms with Crippen LogP contribution in [-0.4, -0.2) is 37.1 Å². The molecule has 1 N–H and O–H groups in total. The molecule has 0 radical (unpaired) electrons. The van der Waals surface area contributed by atoms with Gasteiger partial charge in [0.2, 0.25) is 0 Å². The van der Waals surface area contributed by atoms with Crippen LogP contribution in [0.2, 0.25) is 0 Å². The van der Waals surface area contributed by atoms with Gasteiger partial charge < -0.3 is 9.88 Å². The summed E-state index contributed by atoms with van der Waals surface area (Å²) >= 11 is 0. The van der Waals surface area contributed by atoms with Gasteiger partial charge in [0.1, 0.15) is 5.69 Å².